The minimum atomic E-state index is -0.338. The van der Waals surface area contributed by atoms with Gasteiger partial charge in [0, 0.05) is 17.0 Å². The van der Waals surface area contributed by atoms with Crippen LogP contribution in [0.2, 0.25) is 0 Å². The molecule has 0 fully saturated rings. The predicted octanol–water partition coefficient (Wildman–Crippen LogP) is 2.42. The third-order valence-corrected chi connectivity index (χ3v) is 4.23. The van der Waals surface area contributed by atoms with Crippen molar-refractivity contribution >= 4 is 10.8 Å². The Labute approximate surface area is 150 Å². The summed E-state index contributed by atoms with van der Waals surface area (Å²) >= 11 is 0. The lowest BCUT2D eigenvalue weighted by Crippen LogP contribution is -2.28. The molecule has 3 rings (SSSR count). The zero-order chi connectivity index (χ0) is 18.8. The highest BCUT2D eigenvalue weighted by atomic mass is 16.5. The summed E-state index contributed by atoms with van der Waals surface area (Å²) in [6.45, 7) is 0. The standard InChI is InChI=1S/C19H20N2O5/c1-23-14-6-5-11(7-15(14)24-2)19-13-10-17(26-4)16(25-3)8-12(13)9-18(22)21(19)20/h5-10H,20H2,1-4H3. The van der Waals surface area contributed by atoms with E-state index in [4.69, 9.17) is 24.8 Å². The smallest absolute Gasteiger partial charge is 0.269 e. The van der Waals surface area contributed by atoms with E-state index in [1.165, 1.54) is 6.07 Å². The third kappa shape index (κ3) is 2.77. The predicted molar refractivity (Wildman–Crippen MR) is 100 cm³/mol. The van der Waals surface area contributed by atoms with Crippen LogP contribution in [0.4, 0.5) is 0 Å². The van der Waals surface area contributed by atoms with Gasteiger partial charge in [-0.3, -0.25) is 4.79 Å². The SMILES string of the molecule is COc1ccc(-c2c3cc(OC)c(OC)cc3cc(=O)n2N)cc1OC. The van der Waals surface area contributed by atoms with E-state index in [2.05, 4.69) is 0 Å². The van der Waals surface area contributed by atoms with Gasteiger partial charge in [-0.25, -0.2) is 4.68 Å². The number of nitrogen functional groups attached to an aromatic ring is 1. The van der Waals surface area contributed by atoms with Crippen LogP contribution in [0, 0.1) is 0 Å². The maximum atomic E-state index is 12.4. The molecule has 2 aromatic carbocycles. The number of benzene rings is 2. The van der Waals surface area contributed by atoms with E-state index in [0.29, 0.717) is 39.6 Å². The summed E-state index contributed by atoms with van der Waals surface area (Å²) in [4.78, 5) is 12.4. The first kappa shape index (κ1) is 17.5. The second-order valence-electron chi connectivity index (χ2n) is 5.57. The first-order chi connectivity index (χ1) is 12.5. The van der Waals surface area contributed by atoms with Crippen LogP contribution < -0.4 is 30.3 Å². The van der Waals surface area contributed by atoms with Gasteiger partial charge in [-0.05, 0) is 35.7 Å². The number of fused-ring (bicyclic) bond motifs is 1. The molecule has 0 bridgehead atoms. The summed E-state index contributed by atoms with van der Waals surface area (Å²) in [5.74, 6) is 8.26. The molecule has 0 aliphatic heterocycles. The quantitative estimate of drug-likeness (QED) is 0.707. The third-order valence-electron chi connectivity index (χ3n) is 4.23. The lowest BCUT2D eigenvalue weighted by Gasteiger charge is -2.16. The van der Waals surface area contributed by atoms with Gasteiger partial charge in [0.1, 0.15) is 0 Å². The Morgan fingerprint density at radius 3 is 1.96 bits per heavy atom. The molecule has 0 saturated carbocycles. The molecule has 0 aliphatic rings. The molecule has 0 saturated heterocycles. The van der Waals surface area contributed by atoms with Crippen LogP contribution in [0.15, 0.2) is 41.2 Å². The monoisotopic (exact) mass is 356 g/mol. The largest absolute Gasteiger partial charge is 0.493 e. The fourth-order valence-electron chi connectivity index (χ4n) is 2.94. The average molecular weight is 356 g/mol. The fraction of sp³-hybridized carbons (Fsp3) is 0.211. The highest BCUT2D eigenvalue weighted by Crippen LogP contribution is 2.38. The van der Waals surface area contributed by atoms with Crippen molar-refractivity contribution in [3.05, 3.63) is 46.8 Å². The number of nitrogens with two attached hydrogens (primary N) is 1. The van der Waals surface area contributed by atoms with Crippen molar-refractivity contribution in [2.45, 2.75) is 0 Å². The minimum Gasteiger partial charge on any atom is -0.493 e. The number of pyridine rings is 1. The van der Waals surface area contributed by atoms with Crippen molar-refractivity contribution in [3.8, 4) is 34.3 Å². The number of nitrogens with zero attached hydrogens (tertiary/aromatic N) is 1. The number of rotatable bonds is 5. The van der Waals surface area contributed by atoms with E-state index in [0.717, 1.165) is 10.1 Å². The highest BCUT2D eigenvalue weighted by Gasteiger charge is 2.16. The zero-order valence-corrected chi connectivity index (χ0v) is 15.0. The summed E-state index contributed by atoms with van der Waals surface area (Å²) in [7, 11) is 6.21. The molecule has 7 nitrogen and oxygen atoms in total. The summed E-state index contributed by atoms with van der Waals surface area (Å²) in [6.07, 6.45) is 0. The van der Waals surface area contributed by atoms with Crippen LogP contribution in [0.3, 0.4) is 0 Å². The number of aromatic nitrogens is 1. The molecule has 7 heteroatoms. The Balaban J connectivity index is 2.38. The van der Waals surface area contributed by atoms with E-state index in [-0.39, 0.29) is 5.56 Å². The Morgan fingerprint density at radius 2 is 1.35 bits per heavy atom. The maximum Gasteiger partial charge on any atom is 0.269 e. The molecule has 0 unspecified atom stereocenters. The van der Waals surface area contributed by atoms with Crippen molar-refractivity contribution in [1.82, 2.24) is 4.68 Å². The van der Waals surface area contributed by atoms with Crippen LogP contribution >= 0.6 is 0 Å². The molecule has 0 amide bonds. The summed E-state index contributed by atoms with van der Waals surface area (Å²) in [5.41, 5.74) is 0.906. The number of methoxy groups -OCH3 is 4. The summed E-state index contributed by atoms with van der Waals surface area (Å²) < 4.78 is 22.5. The van der Waals surface area contributed by atoms with Crippen LogP contribution in [0.1, 0.15) is 0 Å². The molecular weight excluding hydrogens is 336 g/mol. The molecule has 3 aromatic rings. The number of ether oxygens (including phenoxy) is 4. The van der Waals surface area contributed by atoms with Gasteiger partial charge < -0.3 is 24.8 Å². The Morgan fingerprint density at radius 1 is 0.769 bits per heavy atom. The minimum absolute atomic E-state index is 0.338. The molecule has 2 N–H and O–H groups in total. The van der Waals surface area contributed by atoms with Gasteiger partial charge in [-0.1, -0.05) is 0 Å². The first-order valence-corrected chi connectivity index (χ1v) is 7.83. The van der Waals surface area contributed by atoms with E-state index < -0.39 is 0 Å². The van der Waals surface area contributed by atoms with Crippen LogP contribution in [-0.2, 0) is 0 Å². The van der Waals surface area contributed by atoms with Crippen molar-refractivity contribution in [2.75, 3.05) is 34.3 Å². The molecule has 136 valence electrons. The van der Waals surface area contributed by atoms with E-state index in [9.17, 15) is 4.79 Å². The maximum absolute atomic E-state index is 12.4. The van der Waals surface area contributed by atoms with Crippen LogP contribution in [0.25, 0.3) is 22.0 Å². The van der Waals surface area contributed by atoms with Crippen molar-refractivity contribution < 1.29 is 18.9 Å². The van der Waals surface area contributed by atoms with Crippen molar-refractivity contribution in [1.29, 1.82) is 0 Å². The van der Waals surface area contributed by atoms with Gasteiger partial charge >= 0.3 is 0 Å². The molecule has 0 aliphatic carbocycles. The van der Waals surface area contributed by atoms with Gasteiger partial charge in [0.25, 0.3) is 5.56 Å². The second kappa shape index (κ2) is 6.87. The molecular formula is C19H20N2O5. The Bertz CT molecular complexity index is 1030. The molecule has 1 heterocycles. The van der Waals surface area contributed by atoms with Crippen LogP contribution in [-0.4, -0.2) is 33.1 Å². The molecule has 0 atom stereocenters. The summed E-state index contributed by atoms with van der Waals surface area (Å²) in [5, 5.41) is 1.44. The van der Waals surface area contributed by atoms with Gasteiger partial charge in [0.15, 0.2) is 23.0 Å². The fourth-order valence-corrected chi connectivity index (χ4v) is 2.94. The van der Waals surface area contributed by atoms with Crippen LogP contribution in [0.5, 0.6) is 23.0 Å². The van der Waals surface area contributed by atoms with Gasteiger partial charge in [0.05, 0.1) is 34.1 Å². The van der Waals surface area contributed by atoms with Crippen molar-refractivity contribution in [2.24, 2.45) is 0 Å². The first-order valence-electron chi connectivity index (χ1n) is 7.83. The number of hydrogen-bond donors (Lipinski definition) is 1. The van der Waals surface area contributed by atoms with Gasteiger partial charge in [-0.15, -0.1) is 0 Å². The lowest BCUT2D eigenvalue weighted by atomic mass is 10.0. The van der Waals surface area contributed by atoms with E-state index in [1.54, 1.807) is 52.7 Å². The lowest BCUT2D eigenvalue weighted by molar-refractivity contribution is 0.355. The summed E-state index contributed by atoms with van der Waals surface area (Å²) in [6, 6.07) is 10.4. The molecule has 0 spiro atoms. The Hall–Kier alpha value is -3.35. The van der Waals surface area contributed by atoms with E-state index >= 15 is 0 Å². The molecule has 0 radical (unpaired) electrons. The number of hydrogen-bond acceptors (Lipinski definition) is 6. The Kier molecular flexibility index (Phi) is 4.62. The highest BCUT2D eigenvalue weighted by molar-refractivity contribution is 5.97. The second-order valence-corrected chi connectivity index (χ2v) is 5.57. The zero-order valence-electron chi connectivity index (χ0n) is 15.0. The van der Waals surface area contributed by atoms with E-state index in [1.807, 2.05) is 6.07 Å². The topological polar surface area (TPSA) is 84.9 Å². The molecule has 26 heavy (non-hydrogen) atoms. The van der Waals surface area contributed by atoms with Gasteiger partial charge in [0.2, 0.25) is 0 Å². The normalized spacial score (nSPS) is 10.6. The molecule has 1 aromatic heterocycles. The average Bonchev–Trinajstić information content (AvgIpc) is 2.67. The van der Waals surface area contributed by atoms with Crippen molar-refractivity contribution in [3.63, 3.8) is 0 Å². The van der Waals surface area contributed by atoms with Gasteiger partial charge in [-0.2, -0.15) is 0 Å².